The first-order valence-corrected chi connectivity index (χ1v) is 6.67. The van der Waals surface area contributed by atoms with Crippen LogP contribution in [0.25, 0.3) is 0 Å². The van der Waals surface area contributed by atoms with E-state index in [-0.39, 0.29) is 0 Å². The lowest BCUT2D eigenvalue weighted by Crippen LogP contribution is -2.12. The van der Waals surface area contributed by atoms with Crippen LogP contribution in [-0.2, 0) is 26.4 Å². The Morgan fingerprint density at radius 2 is 1.27 bits per heavy atom. The van der Waals surface area contributed by atoms with E-state index in [4.69, 9.17) is 16.7 Å². The normalized spacial score (nSPS) is 11.7. The molecule has 0 aliphatic carbocycles. The number of halogens is 7. The summed E-state index contributed by atoms with van der Waals surface area (Å²) in [6.45, 7) is 0. The Morgan fingerprint density at radius 3 is 1.50 bits per heavy atom. The highest BCUT2D eigenvalue weighted by atomic mass is 35.5. The van der Waals surface area contributed by atoms with Crippen molar-refractivity contribution in [3.05, 3.63) is 34.9 Å². The molecule has 0 unspecified atom stereocenters. The van der Waals surface area contributed by atoms with Crippen LogP contribution < -0.4 is 0 Å². The molecule has 2 aromatic rings. The molecule has 1 N–H and O–H groups in total. The van der Waals surface area contributed by atoms with Crippen molar-refractivity contribution < 1.29 is 41.0 Å². The van der Waals surface area contributed by atoms with Crippen LogP contribution in [0.2, 0.25) is 0 Å². The van der Waals surface area contributed by atoms with Crippen LogP contribution in [0.3, 0.4) is 0 Å². The van der Waals surface area contributed by atoms with Gasteiger partial charge in [0, 0.05) is 26.5 Å². The molecule has 144 valence electrons. The number of aromatic carboxylic acids is 1. The van der Waals surface area contributed by atoms with Gasteiger partial charge >= 0.3 is 18.3 Å². The summed E-state index contributed by atoms with van der Waals surface area (Å²) in [6, 6.07) is 0. The largest absolute Gasteiger partial charge is 0.478 e. The summed E-state index contributed by atoms with van der Waals surface area (Å²) >= 11 is 4.94. The van der Waals surface area contributed by atoms with Crippen LogP contribution in [-0.4, -0.2) is 35.9 Å². The zero-order valence-electron chi connectivity index (χ0n) is 12.9. The van der Waals surface area contributed by atoms with E-state index in [1.807, 2.05) is 0 Å². The fourth-order valence-corrected chi connectivity index (χ4v) is 1.83. The summed E-state index contributed by atoms with van der Waals surface area (Å²) in [6.07, 6.45) is -7.64. The van der Waals surface area contributed by atoms with E-state index in [2.05, 4.69) is 10.2 Å². The lowest BCUT2D eigenvalue weighted by molar-refractivity contribution is -0.142. The maximum absolute atomic E-state index is 12.1. The number of aromatic nitrogens is 4. The molecular formula is C12H9ClF6N4O3. The van der Waals surface area contributed by atoms with Gasteiger partial charge < -0.3 is 5.11 Å². The molecule has 0 saturated carbocycles. The molecule has 26 heavy (non-hydrogen) atoms. The van der Waals surface area contributed by atoms with Gasteiger partial charge in [-0.2, -0.15) is 36.5 Å². The van der Waals surface area contributed by atoms with E-state index in [0.29, 0.717) is 0 Å². The summed E-state index contributed by atoms with van der Waals surface area (Å²) in [5.41, 5.74) is -4.09. The van der Waals surface area contributed by atoms with E-state index >= 15 is 0 Å². The van der Waals surface area contributed by atoms with Gasteiger partial charge in [0.15, 0.2) is 11.4 Å². The number of carbonyl (C=O) groups is 2. The van der Waals surface area contributed by atoms with Crippen LogP contribution in [0.5, 0.6) is 0 Å². The highest BCUT2D eigenvalue weighted by Gasteiger charge is 2.39. The number of carbonyl (C=O) groups excluding carboxylic acids is 1. The van der Waals surface area contributed by atoms with Gasteiger partial charge in [0.2, 0.25) is 0 Å². The number of aryl methyl sites for hydroxylation is 2. The Morgan fingerprint density at radius 1 is 0.923 bits per heavy atom. The van der Waals surface area contributed by atoms with E-state index in [9.17, 15) is 35.9 Å². The first-order valence-electron chi connectivity index (χ1n) is 6.29. The predicted octanol–water partition coefficient (Wildman–Crippen LogP) is 2.96. The van der Waals surface area contributed by atoms with Crippen LogP contribution >= 0.6 is 11.6 Å². The van der Waals surface area contributed by atoms with Gasteiger partial charge in [-0.15, -0.1) is 0 Å². The number of hydrogen-bond acceptors (Lipinski definition) is 4. The van der Waals surface area contributed by atoms with Crippen molar-refractivity contribution in [1.29, 1.82) is 0 Å². The summed E-state index contributed by atoms with van der Waals surface area (Å²) in [5.74, 6) is -1.64. The number of carboxylic acids is 1. The SMILES string of the molecule is Cn1cc(C(=O)Cl)c(C(F)(F)F)n1.Cn1cc(C(=O)O)c(C(F)(F)F)n1. The standard InChI is InChI=1S/C6H4ClF3N2O.C6H5F3N2O2/c1-12-2-3(5(7)13)4(11-12)6(8,9)10;1-11-2-3(5(12)13)4(10-11)6(7,8)9/h2H,1H3;2H,1H3,(H,12,13). The Labute approximate surface area is 145 Å². The van der Waals surface area contributed by atoms with E-state index in [1.165, 1.54) is 14.1 Å². The Bertz CT molecular complexity index is 756. The Kier molecular flexibility index (Phi) is 6.07. The average Bonchev–Trinajstić information content (AvgIpc) is 3.01. The lowest BCUT2D eigenvalue weighted by atomic mass is 10.2. The van der Waals surface area contributed by atoms with Crippen molar-refractivity contribution in [2.75, 3.05) is 0 Å². The summed E-state index contributed by atoms with van der Waals surface area (Å²) in [5, 5.41) is 13.3. The van der Waals surface area contributed by atoms with E-state index in [1.54, 1.807) is 0 Å². The molecule has 0 aliphatic heterocycles. The average molecular weight is 407 g/mol. The van der Waals surface area contributed by atoms with Gasteiger partial charge in [0.1, 0.15) is 5.56 Å². The van der Waals surface area contributed by atoms with Gasteiger partial charge in [0.05, 0.1) is 5.56 Å². The molecule has 7 nitrogen and oxygen atoms in total. The van der Waals surface area contributed by atoms with Crippen molar-refractivity contribution in [3.8, 4) is 0 Å². The molecule has 0 bridgehead atoms. The molecule has 0 amide bonds. The summed E-state index contributed by atoms with van der Waals surface area (Å²) in [4.78, 5) is 20.9. The summed E-state index contributed by atoms with van der Waals surface area (Å²) < 4.78 is 74.4. The molecule has 2 heterocycles. The highest BCUT2D eigenvalue weighted by molar-refractivity contribution is 6.67. The minimum atomic E-state index is -4.73. The third kappa shape index (κ3) is 5.21. The second-order valence-corrected chi connectivity index (χ2v) is 5.05. The number of alkyl halides is 6. The molecule has 0 saturated heterocycles. The molecule has 0 spiro atoms. The first-order chi connectivity index (χ1) is 11.6. The lowest BCUT2D eigenvalue weighted by Gasteiger charge is -2.02. The second kappa shape index (κ2) is 7.35. The van der Waals surface area contributed by atoms with Gasteiger partial charge in [-0.25, -0.2) is 4.79 Å². The molecule has 14 heteroatoms. The van der Waals surface area contributed by atoms with Gasteiger partial charge in [-0.3, -0.25) is 14.2 Å². The van der Waals surface area contributed by atoms with Gasteiger partial charge in [-0.1, -0.05) is 0 Å². The van der Waals surface area contributed by atoms with Crippen molar-refractivity contribution >= 4 is 22.8 Å². The molecule has 2 rings (SSSR count). The first kappa shape index (κ1) is 21.5. The van der Waals surface area contributed by atoms with E-state index < -0.39 is 46.1 Å². The molecule has 2 aromatic heterocycles. The maximum atomic E-state index is 12.1. The fraction of sp³-hybridized carbons (Fsp3) is 0.333. The fourth-order valence-electron chi connectivity index (χ4n) is 1.70. The van der Waals surface area contributed by atoms with Gasteiger partial charge in [-0.05, 0) is 11.6 Å². The number of rotatable bonds is 2. The molecular weight excluding hydrogens is 398 g/mol. The smallest absolute Gasteiger partial charge is 0.436 e. The molecule has 0 aliphatic rings. The highest BCUT2D eigenvalue weighted by Crippen LogP contribution is 2.31. The summed E-state index contributed by atoms with van der Waals surface area (Å²) in [7, 11) is 2.50. The maximum Gasteiger partial charge on any atom is 0.436 e. The van der Waals surface area contributed by atoms with Crippen LogP contribution in [0.15, 0.2) is 12.4 Å². The van der Waals surface area contributed by atoms with Crippen LogP contribution in [0.4, 0.5) is 26.3 Å². The minimum absolute atomic E-state index is 0.628. The zero-order chi connectivity index (χ0) is 20.4. The third-order valence-electron chi connectivity index (χ3n) is 2.64. The quantitative estimate of drug-likeness (QED) is 0.612. The molecule has 0 aromatic carbocycles. The topological polar surface area (TPSA) is 90.0 Å². The van der Waals surface area contributed by atoms with Crippen molar-refractivity contribution in [3.63, 3.8) is 0 Å². The molecule has 0 radical (unpaired) electrons. The number of nitrogens with zero attached hydrogens (tertiary/aromatic N) is 4. The third-order valence-corrected chi connectivity index (χ3v) is 2.84. The Hall–Kier alpha value is -2.57. The predicted molar refractivity (Wildman–Crippen MR) is 73.6 cm³/mol. The number of hydrogen-bond donors (Lipinski definition) is 1. The minimum Gasteiger partial charge on any atom is -0.478 e. The molecule has 0 fully saturated rings. The zero-order valence-corrected chi connectivity index (χ0v) is 13.6. The van der Waals surface area contributed by atoms with Crippen LogP contribution in [0, 0.1) is 0 Å². The Balaban J connectivity index is 0.000000260. The van der Waals surface area contributed by atoms with Crippen molar-refractivity contribution in [1.82, 2.24) is 19.6 Å². The second-order valence-electron chi connectivity index (χ2n) is 4.70. The van der Waals surface area contributed by atoms with Crippen LogP contribution in [0.1, 0.15) is 32.1 Å². The van der Waals surface area contributed by atoms with Crippen molar-refractivity contribution in [2.45, 2.75) is 12.4 Å². The number of carboxylic acid groups (broad SMARTS) is 1. The monoisotopic (exact) mass is 406 g/mol. The molecule has 0 atom stereocenters. The van der Waals surface area contributed by atoms with Gasteiger partial charge in [0.25, 0.3) is 5.24 Å². The van der Waals surface area contributed by atoms with Crippen molar-refractivity contribution in [2.24, 2.45) is 14.1 Å². The van der Waals surface area contributed by atoms with E-state index in [0.717, 1.165) is 21.8 Å².